The molecule has 2 rings (SSSR count). The van der Waals surface area contributed by atoms with Crippen LogP contribution in [0.2, 0.25) is 0 Å². The number of hydrogen-bond acceptors (Lipinski definition) is 5. The molecule has 0 saturated carbocycles. The van der Waals surface area contributed by atoms with Gasteiger partial charge in [-0.05, 0) is 31.5 Å². The quantitative estimate of drug-likeness (QED) is 0.872. The maximum absolute atomic E-state index is 13.9. The number of aromatic nitrogens is 3. The lowest BCUT2D eigenvalue weighted by molar-refractivity contribution is 0.411. The SMILES string of the molecule is C[C@H](Cn1cncn1)N[C@@H](C)c1ccc(S(C)(=O)=O)c(F)c1. The number of benzene rings is 1. The summed E-state index contributed by atoms with van der Waals surface area (Å²) in [6.45, 7) is 4.51. The summed E-state index contributed by atoms with van der Waals surface area (Å²) in [6, 6.07) is 4.16. The van der Waals surface area contributed by atoms with Crippen molar-refractivity contribution in [3.63, 3.8) is 0 Å². The van der Waals surface area contributed by atoms with Gasteiger partial charge in [0.05, 0.1) is 6.54 Å². The number of nitrogens with one attached hydrogen (secondary N) is 1. The van der Waals surface area contributed by atoms with E-state index in [1.807, 2.05) is 13.8 Å². The molecule has 2 atom stereocenters. The van der Waals surface area contributed by atoms with E-state index in [1.54, 1.807) is 17.1 Å². The molecule has 1 heterocycles. The number of halogens is 1. The van der Waals surface area contributed by atoms with E-state index in [1.165, 1.54) is 18.5 Å². The van der Waals surface area contributed by atoms with E-state index in [0.717, 1.165) is 6.26 Å². The number of nitrogens with zero attached hydrogens (tertiary/aromatic N) is 3. The fourth-order valence-electron chi connectivity index (χ4n) is 2.27. The molecule has 0 aliphatic heterocycles. The molecule has 2 aromatic rings. The van der Waals surface area contributed by atoms with E-state index in [2.05, 4.69) is 15.4 Å². The molecule has 22 heavy (non-hydrogen) atoms. The zero-order chi connectivity index (χ0) is 16.3. The molecule has 1 aromatic carbocycles. The fraction of sp³-hybridized carbons (Fsp3) is 0.429. The van der Waals surface area contributed by atoms with Gasteiger partial charge in [0.2, 0.25) is 0 Å². The van der Waals surface area contributed by atoms with Gasteiger partial charge in [0.25, 0.3) is 0 Å². The van der Waals surface area contributed by atoms with Crippen LogP contribution < -0.4 is 5.32 Å². The molecule has 0 saturated heterocycles. The first-order valence-electron chi connectivity index (χ1n) is 6.85. The smallest absolute Gasteiger partial charge is 0.178 e. The molecule has 0 spiro atoms. The summed E-state index contributed by atoms with van der Waals surface area (Å²) in [5.74, 6) is -0.724. The highest BCUT2D eigenvalue weighted by Gasteiger charge is 2.16. The van der Waals surface area contributed by atoms with Gasteiger partial charge in [-0.25, -0.2) is 17.8 Å². The lowest BCUT2D eigenvalue weighted by Crippen LogP contribution is -2.32. The molecule has 0 unspecified atom stereocenters. The van der Waals surface area contributed by atoms with Crippen LogP contribution in [0.3, 0.4) is 0 Å². The van der Waals surface area contributed by atoms with Crippen LogP contribution in [0.15, 0.2) is 35.7 Å². The van der Waals surface area contributed by atoms with Crippen molar-refractivity contribution in [2.24, 2.45) is 0 Å². The molecule has 0 aliphatic carbocycles. The van der Waals surface area contributed by atoms with Crippen LogP contribution in [0.1, 0.15) is 25.5 Å². The summed E-state index contributed by atoms with van der Waals surface area (Å²) < 4.78 is 38.5. The van der Waals surface area contributed by atoms with Crippen LogP contribution in [0, 0.1) is 5.82 Å². The molecule has 0 fully saturated rings. The lowest BCUT2D eigenvalue weighted by Gasteiger charge is -2.20. The van der Waals surface area contributed by atoms with Crippen LogP contribution in [0.25, 0.3) is 0 Å². The van der Waals surface area contributed by atoms with Crippen LogP contribution in [0.5, 0.6) is 0 Å². The van der Waals surface area contributed by atoms with Crippen molar-refractivity contribution in [3.8, 4) is 0 Å². The summed E-state index contributed by atoms with van der Waals surface area (Å²) in [4.78, 5) is 3.60. The van der Waals surface area contributed by atoms with Gasteiger partial charge in [-0.3, -0.25) is 4.68 Å². The van der Waals surface area contributed by atoms with E-state index in [9.17, 15) is 12.8 Å². The summed E-state index contributed by atoms with van der Waals surface area (Å²) in [6.07, 6.45) is 4.09. The molecule has 6 nitrogen and oxygen atoms in total. The Bertz CT molecular complexity index is 731. The molecule has 0 aliphatic rings. The van der Waals surface area contributed by atoms with E-state index in [4.69, 9.17) is 0 Å². The second kappa shape index (κ2) is 6.53. The van der Waals surface area contributed by atoms with Crippen LogP contribution >= 0.6 is 0 Å². The third kappa shape index (κ3) is 4.11. The zero-order valence-corrected chi connectivity index (χ0v) is 13.5. The van der Waals surface area contributed by atoms with Crippen LogP contribution in [-0.4, -0.2) is 35.5 Å². The number of sulfone groups is 1. The Kier molecular flexibility index (Phi) is 4.92. The highest BCUT2D eigenvalue weighted by molar-refractivity contribution is 7.90. The van der Waals surface area contributed by atoms with E-state index in [-0.39, 0.29) is 17.0 Å². The number of hydrogen-bond donors (Lipinski definition) is 1. The first-order chi connectivity index (χ1) is 10.3. The first kappa shape index (κ1) is 16.6. The van der Waals surface area contributed by atoms with E-state index >= 15 is 0 Å². The maximum Gasteiger partial charge on any atom is 0.178 e. The second-order valence-corrected chi connectivity index (χ2v) is 7.35. The monoisotopic (exact) mass is 326 g/mol. The average molecular weight is 326 g/mol. The third-order valence-electron chi connectivity index (χ3n) is 3.32. The van der Waals surface area contributed by atoms with Gasteiger partial charge in [0, 0.05) is 18.3 Å². The third-order valence-corrected chi connectivity index (χ3v) is 4.45. The first-order valence-corrected chi connectivity index (χ1v) is 8.74. The van der Waals surface area contributed by atoms with Gasteiger partial charge in [-0.15, -0.1) is 0 Å². The Hall–Kier alpha value is -1.80. The van der Waals surface area contributed by atoms with Gasteiger partial charge >= 0.3 is 0 Å². The minimum absolute atomic E-state index is 0.0920. The van der Waals surface area contributed by atoms with Crippen molar-refractivity contribution >= 4 is 9.84 Å². The standard InChI is InChI=1S/C14H19FN4O2S/c1-10(7-19-9-16-8-17-19)18-11(2)12-4-5-14(13(15)6-12)22(3,20)21/h4-6,8-11,18H,7H2,1-3H3/t10-,11+/m1/s1. The Morgan fingerprint density at radius 2 is 2.09 bits per heavy atom. The zero-order valence-electron chi connectivity index (χ0n) is 12.7. The molecular formula is C14H19FN4O2S. The van der Waals surface area contributed by atoms with Crippen molar-refractivity contribution in [1.82, 2.24) is 20.1 Å². The predicted molar refractivity (Wildman–Crippen MR) is 80.5 cm³/mol. The fourth-order valence-corrected chi connectivity index (χ4v) is 3.00. The van der Waals surface area contributed by atoms with Crippen molar-refractivity contribution in [2.45, 2.75) is 37.4 Å². The minimum Gasteiger partial charge on any atom is -0.306 e. The topological polar surface area (TPSA) is 76.9 Å². The van der Waals surface area contributed by atoms with Crippen molar-refractivity contribution in [1.29, 1.82) is 0 Å². The molecule has 0 amide bonds. The molecule has 120 valence electrons. The number of rotatable bonds is 6. The summed E-state index contributed by atoms with van der Waals surface area (Å²) in [5, 5.41) is 7.34. The lowest BCUT2D eigenvalue weighted by atomic mass is 10.1. The Labute approximate surface area is 129 Å². The predicted octanol–water partition coefficient (Wildman–Crippen LogP) is 1.56. The van der Waals surface area contributed by atoms with Gasteiger partial charge in [-0.1, -0.05) is 6.07 Å². The Morgan fingerprint density at radius 3 is 2.64 bits per heavy atom. The molecule has 1 N–H and O–H groups in total. The highest BCUT2D eigenvalue weighted by Crippen LogP contribution is 2.20. The Morgan fingerprint density at radius 1 is 1.36 bits per heavy atom. The van der Waals surface area contributed by atoms with Gasteiger partial charge in [0.1, 0.15) is 23.4 Å². The molecule has 8 heteroatoms. The van der Waals surface area contributed by atoms with Crippen LogP contribution in [-0.2, 0) is 16.4 Å². The van der Waals surface area contributed by atoms with Crippen molar-refractivity contribution in [2.75, 3.05) is 6.26 Å². The van der Waals surface area contributed by atoms with Gasteiger partial charge in [0.15, 0.2) is 9.84 Å². The minimum atomic E-state index is -3.55. The maximum atomic E-state index is 13.9. The van der Waals surface area contributed by atoms with Crippen molar-refractivity contribution in [3.05, 3.63) is 42.2 Å². The molecular weight excluding hydrogens is 307 g/mol. The summed E-state index contributed by atoms with van der Waals surface area (Å²) >= 11 is 0. The molecule has 0 radical (unpaired) electrons. The van der Waals surface area contributed by atoms with Gasteiger partial charge < -0.3 is 5.32 Å². The highest BCUT2D eigenvalue weighted by atomic mass is 32.2. The largest absolute Gasteiger partial charge is 0.306 e. The average Bonchev–Trinajstić information content (AvgIpc) is 2.89. The van der Waals surface area contributed by atoms with E-state index in [0.29, 0.717) is 12.1 Å². The summed E-state index contributed by atoms with van der Waals surface area (Å²) in [7, 11) is -3.55. The second-order valence-electron chi connectivity index (χ2n) is 5.37. The Balaban J connectivity index is 2.06. The van der Waals surface area contributed by atoms with Gasteiger partial charge in [-0.2, -0.15) is 5.10 Å². The normalized spacial score (nSPS) is 14.7. The van der Waals surface area contributed by atoms with Crippen molar-refractivity contribution < 1.29 is 12.8 Å². The summed E-state index contributed by atoms with van der Waals surface area (Å²) in [5.41, 5.74) is 0.690. The van der Waals surface area contributed by atoms with Crippen LogP contribution in [0.4, 0.5) is 4.39 Å². The molecule has 1 aromatic heterocycles. The molecule has 0 bridgehead atoms. The van der Waals surface area contributed by atoms with E-state index < -0.39 is 15.7 Å².